The maximum absolute atomic E-state index is 12.7. The summed E-state index contributed by atoms with van der Waals surface area (Å²) in [5.41, 5.74) is 5.40. The summed E-state index contributed by atoms with van der Waals surface area (Å²) in [6.07, 6.45) is -4.55. The van der Waals surface area contributed by atoms with Gasteiger partial charge in [-0.25, -0.2) is 0 Å². The van der Waals surface area contributed by atoms with Crippen LogP contribution in [0.5, 0.6) is 0 Å². The first kappa shape index (κ1) is 14.7. The number of nitrogens with two attached hydrogens (primary N) is 1. The number of thiocarbonyl (C=S) groups is 1. The molecule has 0 bridgehead atoms. The highest BCUT2D eigenvalue weighted by molar-refractivity contribution is 7.80. The lowest BCUT2D eigenvalue weighted by Gasteiger charge is -2.29. The second-order valence-electron chi connectivity index (χ2n) is 4.47. The fourth-order valence-electron chi connectivity index (χ4n) is 1.95. The van der Waals surface area contributed by atoms with Gasteiger partial charge in [-0.15, -0.1) is 10.2 Å². The standard InChI is InChI=1S/C10H12F3N5OS/c1-5(7(14)20)8(19)17-2-3-18-6(4-17)15-16-9(18)10(11,12)13/h5H,2-4H2,1H3,(H2,14,20). The van der Waals surface area contributed by atoms with Crippen molar-refractivity contribution < 1.29 is 18.0 Å². The van der Waals surface area contributed by atoms with Crippen molar-refractivity contribution in [2.75, 3.05) is 6.54 Å². The molecule has 1 unspecified atom stereocenters. The van der Waals surface area contributed by atoms with Gasteiger partial charge in [0, 0.05) is 13.1 Å². The van der Waals surface area contributed by atoms with Gasteiger partial charge in [-0.1, -0.05) is 12.2 Å². The summed E-state index contributed by atoms with van der Waals surface area (Å²) >= 11 is 4.74. The van der Waals surface area contributed by atoms with Gasteiger partial charge >= 0.3 is 6.18 Å². The number of halogens is 3. The zero-order valence-electron chi connectivity index (χ0n) is 10.5. The largest absolute Gasteiger partial charge is 0.451 e. The summed E-state index contributed by atoms with van der Waals surface area (Å²) in [7, 11) is 0. The van der Waals surface area contributed by atoms with E-state index in [2.05, 4.69) is 10.2 Å². The average molecular weight is 307 g/mol. The maximum Gasteiger partial charge on any atom is 0.451 e. The van der Waals surface area contributed by atoms with Crippen LogP contribution in [0.3, 0.4) is 0 Å². The Balaban J connectivity index is 2.19. The highest BCUT2D eigenvalue weighted by Gasteiger charge is 2.40. The third-order valence-electron chi connectivity index (χ3n) is 3.12. The van der Waals surface area contributed by atoms with E-state index in [0.29, 0.717) is 0 Å². The van der Waals surface area contributed by atoms with Crippen LogP contribution in [0.1, 0.15) is 18.6 Å². The third kappa shape index (κ3) is 2.60. The van der Waals surface area contributed by atoms with Crippen LogP contribution < -0.4 is 5.73 Å². The van der Waals surface area contributed by atoms with E-state index >= 15 is 0 Å². The molecule has 6 nitrogen and oxygen atoms in total. The van der Waals surface area contributed by atoms with Gasteiger partial charge in [-0.3, -0.25) is 4.79 Å². The monoisotopic (exact) mass is 307 g/mol. The van der Waals surface area contributed by atoms with Crippen LogP contribution in [0.15, 0.2) is 0 Å². The van der Waals surface area contributed by atoms with Crippen molar-refractivity contribution in [3.8, 4) is 0 Å². The minimum absolute atomic E-state index is 0.00697. The number of alkyl halides is 3. The lowest BCUT2D eigenvalue weighted by molar-refractivity contribution is -0.148. The number of carbonyl (C=O) groups is 1. The van der Waals surface area contributed by atoms with Crippen molar-refractivity contribution in [3.63, 3.8) is 0 Å². The van der Waals surface area contributed by atoms with Crippen molar-refractivity contribution >= 4 is 23.1 Å². The second-order valence-corrected chi connectivity index (χ2v) is 4.94. The fraction of sp³-hybridized carbons (Fsp3) is 0.600. The highest BCUT2D eigenvalue weighted by atomic mass is 32.1. The van der Waals surface area contributed by atoms with Crippen molar-refractivity contribution in [3.05, 3.63) is 11.6 Å². The molecule has 0 aliphatic carbocycles. The molecule has 1 aromatic rings. The summed E-state index contributed by atoms with van der Waals surface area (Å²) in [4.78, 5) is 13.5. The number of amides is 1. The second kappa shape index (κ2) is 5.00. The van der Waals surface area contributed by atoms with E-state index in [4.69, 9.17) is 18.0 Å². The van der Waals surface area contributed by atoms with Gasteiger partial charge in [0.2, 0.25) is 11.7 Å². The van der Waals surface area contributed by atoms with Crippen LogP contribution in [0.2, 0.25) is 0 Å². The summed E-state index contributed by atoms with van der Waals surface area (Å²) in [6.45, 7) is 1.66. The van der Waals surface area contributed by atoms with Crippen molar-refractivity contribution in [2.24, 2.45) is 11.7 Å². The molecular formula is C10H12F3N5OS. The molecule has 2 heterocycles. The molecule has 1 aromatic heterocycles. The van der Waals surface area contributed by atoms with Crippen LogP contribution in [0, 0.1) is 5.92 Å². The quantitative estimate of drug-likeness (QED) is 0.808. The molecule has 0 saturated heterocycles. The van der Waals surface area contributed by atoms with E-state index in [-0.39, 0.29) is 36.4 Å². The van der Waals surface area contributed by atoms with Gasteiger partial charge < -0.3 is 15.2 Å². The number of carbonyl (C=O) groups excluding carboxylic acids is 1. The van der Waals surface area contributed by atoms with Crippen molar-refractivity contribution in [1.29, 1.82) is 0 Å². The van der Waals surface area contributed by atoms with E-state index in [1.165, 1.54) is 4.90 Å². The molecule has 1 amide bonds. The Morgan fingerprint density at radius 3 is 2.60 bits per heavy atom. The lowest BCUT2D eigenvalue weighted by atomic mass is 10.1. The summed E-state index contributed by atoms with van der Waals surface area (Å²) < 4.78 is 39.0. The summed E-state index contributed by atoms with van der Waals surface area (Å²) in [5.74, 6) is -1.91. The highest BCUT2D eigenvalue weighted by Crippen LogP contribution is 2.29. The number of rotatable bonds is 2. The van der Waals surface area contributed by atoms with Gasteiger partial charge in [-0.2, -0.15) is 13.2 Å². The molecule has 1 atom stereocenters. The van der Waals surface area contributed by atoms with Crippen LogP contribution in [0.25, 0.3) is 0 Å². The topological polar surface area (TPSA) is 77.0 Å². The van der Waals surface area contributed by atoms with Gasteiger partial charge in [0.15, 0.2) is 5.82 Å². The molecule has 0 radical (unpaired) electrons. The van der Waals surface area contributed by atoms with Crippen LogP contribution in [-0.4, -0.2) is 37.1 Å². The van der Waals surface area contributed by atoms with Crippen LogP contribution >= 0.6 is 12.2 Å². The predicted molar refractivity (Wildman–Crippen MR) is 66.4 cm³/mol. The first-order chi connectivity index (χ1) is 9.21. The molecule has 1 aliphatic rings. The fourth-order valence-corrected chi connectivity index (χ4v) is 2.05. The van der Waals surface area contributed by atoms with E-state index in [1.54, 1.807) is 6.92 Å². The molecule has 2 rings (SSSR count). The smallest absolute Gasteiger partial charge is 0.393 e. The molecule has 0 fully saturated rings. The number of fused-ring (bicyclic) bond motifs is 1. The third-order valence-corrected chi connectivity index (χ3v) is 3.47. The lowest BCUT2D eigenvalue weighted by Crippen LogP contribution is -2.44. The SMILES string of the molecule is CC(C(=O)N1CCn2c(nnc2C(F)(F)F)C1)C(N)=S. The van der Waals surface area contributed by atoms with E-state index < -0.39 is 17.9 Å². The van der Waals surface area contributed by atoms with Gasteiger partial charge in [-0.05, 0) is 6.92 Å². The van der Waals surface area contributed by atoms with Gasteiger partial charge in [0.05, 0.1) is 17.5 Å². The Morgan fingerprint density at radius 1 is 1.40 bits per heavy atom. The Hall–Kier alpha value is -1.71. The number of aromatic nitrogens is 3. The number of hydrogen-bond donors (Lipinski definition) is 1. The number of nitrogens with zero attached hydrogens (tertiary/aromatic N) is 4. The Bertz CT molecular complexity index is 556. The Labute approximate surface area is 117 Å². The first-order valence-electron chi connectivity index (χ1n) is 5.79. The first-order valence-corrected chi connectivity index (χ1v) is 6.20. The van der Waals surface area contributed by atoms with Crippen molar-refractivity contribution in [1.82, 2.24) is 19.7 Å². The minimum Gasteiger partial charge on any atom is -0.393 e. The molecule has 10 heteroatoms. The molecule has 1 aliphatic heterocycles. The zero-order chi connectivity index (χ0) is 15.1. The normalized spacial score (nSPS) is 16.7. The predicted octanol–water partition coefficient (Wildman–Crippen LogP) is 0.561. The molecular weight excluding hydrogens is 295 g/mol. The van der Waals surface area contributed by atoms with E-state index in [1.807, 2.05) is 0 Å². The van der Waals surface area contributed by atoms with Gasteiger partial charge in [0.1, 0.15) is 0 Å². The minimum atomic E-state index is -4.55. The van der Waals surface area contributed by atoms with Crippen LogP contribution in [-0.2, 0) is 24.1 Å². The summed E-state index contributed by atoms with van der Waals surface area (Å²) in [6, 6.07) is 0. The van der Waals surface area contributed by atoms with E-state index in [9.17, 15) is 18.0 Å². The molecule has 0 spiro atoms. The average Bonchev–Trinajstić information content (AvgIpc) is 2.79. The Morgan fingerprint density at radius 2 is 2.05 bits per heavy atom. The Kier molecular flexibility index (Phi) is 3.67. The maximum atomic E-state index is 12.7. The number of hydrogen-bond acceptors (Lipinski definition) is 4. The van der Waals surface area contributed by atoms with Gasteiger partial charge in [0.25, 0.3) is 0 Å². The molecule has 20 heavy (non-hydrogen) atoms. The molecule has 110 valence electrons. The summed E-state index contributed by atoms with van der Waals surface area (Å²) in [5, 5.41) is 6.64. The molecule has 2 N–H and O–H groups in total. The van der Waals surface area contributed by atoms with Crippen molar-refractivity contribution in [2.45, 2.75) is 26.2 Å². The molecule has 0 aromatic carbocycles. The van der Waals surface area contributed by atoms with Crippen LogP contribution in [0.4, 0.5) is 13.2 Å². The molecule has 0 saturated carbocycles. The van der Waals surface area contributed by atoms with E-state index in [0.717, 1.165) is 4.57 Å². The zero-order valence-corrected chi connectivity index (χ0v) is 11.3.